The summed E-state index contributed by atoms with van der Waals surface area (Å²) in [7, 11) is 0. The van der Waals surface area contributed by atoms with Crippen molar-refractivity contribution in [3.05, 3.63) is 22.8 Å². The minimum absolute atomic E-state index is 0.0186. The highest BCUT2D eigenvalue weighted by atomic mass is 19.4. The Bertz CT molecular complexity index is 1070. The fraction of sp³-hybridized carbons (Fsp3) is 0.750. The van der Waals surface area contributed by atoms with Crippen LogP contribution in [0.5, 0.6) is 0 Å². The van der Waals surface area contributed by atoms with Crippen LogP contribution >= 0.6 is 0 Å². The molecule has 3 atom stereocenters. The number of carbonyl (C=O) groups is 2. The van der Waals surface area contributed by atoms with Gasteiger partial charge in [0.1, 0.15) is 6.23 Å². The Hall–Kier alpha value is -2.68. The van der Waals surface area contributed by atoms with Gasteiger partial charge in [-0.15, -0.1) is 0 Å². The van der Waals surface area contributed by atoms with E-state index < -0.39 is 65.6 Å². The third-order valence-electron chi connectivity index (χ3n) is 7.01. The number of alkyl halides is 6. The first kappa shape index (κ1) is 30.9. The Balaban J connectivity index is 1.89. The monoisotopic (exact) mass is 569 g/mol. The molecular weight excluding hydrogens is 536 g/mol. The van der Waals surface area contributed by atoms with Crippen LogP contribution in [0.2, 0.25) is 0 Å². The molecule has 1 aromatic heterocycles. The number of halogens is 6. The van der Waals surface area contributed by atoms with Crippen LogP contribution in [0.4, 0.5) is 31.1 Å². The van der Waals surface area contributed by atoms with Crippen LogP contribution in [0.25, 0.3) is 0 Å². The van der Waals surface area contributed by atoms with Crippen molar-refractivity contribution in [2.45, 2.75) is 90.1 Å². The van der Waals surface area contributed by atoms with Crippen molar-refractivity contribution in [3.8, 4) is 0 Å². The van der Waals surface area contributed by atoms with Gasteiger partial charge >= 0.3 is 18.4 Å². The molecule has 0 bridgehead atoms. The average molecular weight is 570 g/mol. The molecule has 3 rings (SSSR count). The molecule has 1 saturated heterocycles. The molecule has 0 aliphatic carbocycles. The summed E-state index contributed by atoms with van der Waals surface area (Å²) in [6, 6.07) is -0.905. The zero-order valence-corrected chi connectivity index (χ0v) is 22.1. The minimum Gasteiger partial charge on any atom is -0.465 e. The molecule has 2 aliphatic rings. The summed E-state index contributed by atoms with van der Waals surface area (Å²) >= 11 is 0. The smallest absolute Gasteiger partial charge is 0.451 e. The van der Waals surface area contributed by atoms with Crippen molar-refractivity contribution in [1.29, 1.82) is 0 Å². The second-order valence-corrected chi connectivity index (χ2v) is 11.2. The van der Waals surface area contributed by atoms with Crippen molar-refractivity contribution in [2.75, 3.05) is 19.6 Å². The van der Waals surface area contributed by atoms with Crippen LogP contribution < -0.4 is 0 Å². The first-order valence-corrected chi connectivity index (χ1v) is 12.5. The number of rotatable bonds is 6. The van der Waals surface area contributed by atoms with Crippen LogP contribution in [0.15, 0.2) is 0 Å². The molecule has 2 unspecified atom stereocenters. The molecule has 0 aromatic carbocycles. The third kappa shape index (κ3) is 7.29. The first-order chi connectivity index (χ1) is 17.8. The number of aromatic nitrogens is 2. The minimum atomic E-state index is -5.21. The fourth-order valence-electron chi connectivity index (χ4n) is 5.19. The number of amides is 2. The van der Waals surface area contributed by atoms with Gasteiger partial charge in [0.2, 0.25) is 11.7 Å². The number of piperidine rings is 1. The van der Waals surface area contributed by atoms with Gasteiger partial charge in [0.15, 0.2) is 5.69 Å². The van der Waals surface area contributed by atoms with Crippen molar-refractivity contribution in [3.63, 3.8) is 0 Å². The number of nitrogens with zero attached hydrogens (tertiary/aromatic N) is 5. The van der Waals surface area contributed by atoms with Gasteiger partial charge in [-0.2, -0.15) is 26.3 Å². The Kier molecular flexibility index (Phi) is 8.75. The second-order valence-electron chi connectivity index (χ2n) is 11.2. The SMILES string of the molecule is CC1CCN(C[C@H](CC(O)N2CCc3c(nc(C(F)(F)F)nc3C(F)(F)F)C2)N(C(=O)O)C(C)(C)C)C(=O)C1. The van der Waals surface area contributed by atoms with Crippen molar-refractivity contribution >= 4 is 12.0 Å². The maximum absolute atomic E-state index is 13.5. The summed E-state index contributed by atoms with van der Waals surface area (Å²) in [4.78, 5) is 34.8. The second kappa shape index (κ2) is 11.1. The molecule has 2 N–H and O–H groups in total. The fourth-order valence-corrected chi connectivity index (χ4v) is 5.19. The van der Waals surface area contributed by atoms with Crippen LogP contribution in [-0.4, -0.2) is 84.3 Å². The zero-order valence-electron chi connectivity index (χ0n) is 22.1. The van der Waals surface area contributed by atoms with Gasteiger partial charge in [0.25, 0.3) is 0 Å². The van der Waals surface area contributed by atoms with Crippen LogP contribution in [0.1, 0.15) is 69.7 Å². The van der Waals surface area contributed by atoms with Gasteiger partial charge in [-0.1, -0.05) is 6.92 Å². The summed E-state index contributed by atoms with van der Waals surface area (Å²) in [5.74, 6) is -1.91. The van der Waals surface area contributed by atoms with Gasteiger partial charge in [0, 0.05) is 50.1 Å². The highest BCUT2D eigenvalue weighted by Gasteiger charge is 2.44. The number of fused-ring (bicyclic) bond motifs is 1. The molecule has 0 saturated carbocycles. The molecule has 3 heterocycles. The van der Waals surface area contributed by atoms with E-state index in [-0.39, 0.29) is 37.8 Å². The van der Waals surface area contributed by atoms with E-state index in [1.54, 1.807) is 20.8 Å². The largest absolute Gasteiger partial charge is 0.465 e. The Morgan fingerprint density at radius 1 is 1.10 bits per heavy atom. The van der Waals surface area contributed by atoms with Crippen LogP contribution in [0, 0.1) is 5.92 Å². The van der Waals surface area contributed by atoms with E-state index in [1.807, 2.05) is 6.92 Å². The number of aliphatic hydroxyl groups is 1. The average Bonchev–Trinajstić information content (AvgIpc) is 2.77. The van der Waals surface area contributed by atoms with Crippen molar-refractivity contribution in [1.82, 2.24) is 24.7 Å². The molecule has 2 amide bonds. The highest BCUT2D eigenvalue weighted by Crippen LogP contribution is 2.37. The number of hydrogen-bond donors (Lipinski definition) is 2. The molecule has 0 spiro atoms. The van der Waals surface area contributed by atoms with Gasteiger partial charge in [0.05, 0.1) is 11.7 Å². The molecule has 1 fully saturated rings. The predicted molar refractivity (Wildman–Crippen MR) is 125 cm³/mol. The lowest BCUT2D eigenvalue weighted by molar-refractivity contribution is -0.153. The van der Waals surface area contributed by atoms with E-state index in [1.165, 1.54) is 9.80 Å². The molecule has 39 heavy (non-hydrogen) atoms. The number of carboxylic acid groups (broad SMARTS) is 1. The number of hydrogen-bond acceptors (Lipinski definition) is 6. The summed E-state index contributed by atoms with van der Waals surface area (Å²) in [5.41, 5.74) is -3.56. The summed E-state index contributed by atoms with van der Waals surface area (Å²) in [5, 5.41) is 21.1. The Morgan fingerprint density at radius 2 is 1.74 bits per heavy atom. The van der Waals surface area contributed by atoms with Gasteiger partial charge < -0.3 is 15.1 Å². The van der Waals surface area contributed by atoms with Gasteiger partial charge in [-0.05, 0) is 39.5 Å². The van der Waals surface area contributed by atoms with Crippen molar-refractivity contribution in [2.24, 2.45) is 5.92 Å². The third-order valence-corrected chi connectivity index (χ3v) is 7.01. The lowest BCUT2D eigenvalue weighted by Crippen LogP contribution is -2.58. The summed E-state index contributed by atoms with van der Waals surface area (Å²) < 4.78 is 80.3. The van der Waals surface area contributed by atoms with Crippen LogP contribution in [-0.2, 0) is 30.1 Å². The molecule has 15 heteroatoms. The molecular formula is C24H33F6N5O4. The number of aliphatic hydroxyl groups excluding tert-OH is 1. The maximum Gasteiger partial charge on any atom is 0.451 e. The van der Waals surface area contributed by atoms with E-state index >= 15 is 0 Å². The number of carbonyl (C=O) groups excluding carboxylic acids is 1. The normalized spacial score (nSPS) is 20.9. The maximum atomic E-state index is 13.5. The number of likely N-dealkylation sites (tertiary alicyclic amines) is 1. The van der Waals surface area contributed by atoms with Crippen molar-refractivity contribution < 1.29 is 46.1 Å². The Morgan fingerprint density at radius 3 is 2.26 bits per heavy atom. The topological polar surface area (TPSA) is 110 Å². The molecule has 9 nitrogen and oxygen atoms in total. The summed E-state index contributed by atoms with van der Waals surface area (Å²) in [6.07, 6.45) is -12.7. The zero-order chi connectivity index (χ0) is 29.5. The van der Waals surface area contributed by atoms with E-state index in [9.17, 15) is 46.1 Å². The van der Waals surface area contributed by atoms with E-state index in [2.05, 4.69) is 9.97 Å². The van der Waals surface area contributed by atoms with E-state index in [0.29, 0.717) is 13.0 Å². The molecule has 1 aromatic rings. The summed E-state index contributed by atoms with van der Waals surface area (Å²) in [6.45, 7) is 6.57. The quantitative estimate of drug-likeness (QED) is 0.499. The first-order valence-electron chi connectivity index (χ1n) is 12.5. The molecule has 0 radical (unpaired) electrons. The van der Waals surface area contributed by atoms with Gasteiger partial charge in [-0.25, -0.2) is 14.8 Å². The Labute approximate surface area is 221 Å². The standard InChI is InChI=1S/C24H33F6N5O4/c1-13-5-7-33(17(36)9-13)11-14(35(21(38)39)22(2,3)4)10-18(37)34-8-6-15-16(12-34)31-20(24(28,29)30)32-19(15)23(25,26)27/h13-14,18,37H,5-12H2,1-4H3,(H,38,39)/t13?,14-,18?/m0/s1. The van der Waals surface area contributed by atoms with E-state index in [0.717, 1.165) is 11.3 Å². The van der Waals surface area contributed by atoms with Crippen LogP contribution in [0.3, 0.4) is 0 Å². The van der Waals surface area contributed by atoms with Gasteiger partial charge in [-0.3, -0.25) is 14.6 Å². The lowest BCUT2D eigenvalue weighted by Gasteiger charge is -2.44. The predicted octanol–water partition coefficient (Wildman–Crippen LogP) is 3.99. The van der Waals surface area contributed by atoms with E-state index in [4.69, 9.17) is 0 Å². The molecule has 220 valence electrons. The lowest BCUT2D eigenvalue weighted by atomic mass is 9.95. The molecule has 2 aliphatic heterocycles. The highest BCUT2D eigenvalue weighted by molar-refractivity contribution is 5.77.